The molecule has 0 amide bonds. The molecule has 0 saturated carbocycles. The van der Waals surface area contributed by atoms with Crippen molar-refractivity contribution in [1.29, 1.82) is 0 Å². The van der Waals surface area contributed by atoms with E-state index in [-0.39, 0.29) is 5.82 Å². The third-order valence-electron chi connectivity index (χ3n) is 4.49. The number of halogens is 1. The molecule has 1 atom stereocenters. The summed E-state index contributed by atoms with van der Waals surface area (Å²) in [5.74, 6) is -0.176. The Kier molecular flexibility index (Phi) is 6.19. The van der Waals surface area contributed by atoms with Crippen molar-refractivity contribution in [2.24, 2.45) is 0 Å². The molecule has 0 aliphatic carbocycles. The lowest BCUT2D eigenvalue weighted by molar-refractivity contribution is 0.110. The average molecular weight is 342 g/mol. The third-order valence-corrected chi connectivity index (χ3v) is 4.49. The fourth-order valence-corrected chi connectivity index (χ4v) is 3.29. The van der Waals surface area contributed by atoms with Crippen molar-refractivity contribution in [1.82, 2.24) is 10.2 Å². The van der Waals surface area contributed by atoms with Crippen LogP contribution in [0.1, 0.15) is 24.0 Å². The number of nitrogens with one attached hydrogen (secondary N) is 1. The predicted octanol–water partition coefficient (Wildman–Crippen LogP) is 3.82. The second-order valence-corrected chi connectivity index (χ2v) is 7.02. The lowest BCUT2D eigenvalue weighted by Crippen LogP contribution is -2.25. The smallest absolute Gasteiger partial charge is 0.131 e. The van der Waals surface area contributed by atoms with Gasteiger partial charge in [0.2, 0.25) is 0 Å². The summed E-state index contributed by atoms with van der Waals surface area (Å²) in [5.41, 5.74) is 3.87. The summed E-state index contributed by atoms with van der Waals surface area (Å²) in [6, 6.07) is 13.5. The standard InChI is InChI=1S/C21H27FN2O/c1-24(2)15-17-5-3-6-18(11-17)20-12-16(8-9-21(20)22)13-23-14-19-7-4-10-25-19/h3,5-6,8-9,11-12,19,23H,4,7,10,13-15H2,1-2H3/t19-/m0/s1. The molecule has 1 N–H and O–H groups in total. The van der Waals surface area contributed by atoms with E-state index in [0.717, 1.165) is 50.2 Å². The van der Waals surface area contributed by atoms with E-state index in [1.165, 1.54) is 5.56 Å². The molecule has 0 spiro atoms. The Hall–Kier alpha value is -1.75. The van der Waals surface area contributed by atoms with Gasteiger partial charge in [0, 0.05) is 31.8 Å². The number of benzene rings is 2. The van der Waals surface area contributed by atoms with E-state index in [1.54, 1.807) is 6.07 Å². The van der Waals surface area contributed by atoms with Gasteiger partial charge in [0.05, 0.1) is 6.10 Å². The van der Waals surface area contributed by atoms with E-state index >= 15 is 0 Å². The minimum Gasteiger partial charge on any atom is -0.377 e. The summed E-state index contributed by atoms with van der Waals surface area (Å²) in [6.07, 6.45) is 2.60. The lowest BCUT2D eigenvalue weighted by atomic mass is 10.00. The topological polar surface area (TPSA) is 24.5 Å². The Morgan fingerprint density at radius 1 is 1.16 bits per heavy atom. The molecule has 0 unspecified atom stereocenters. The summed E-state index contributed by atoms with van der Waals surface area (Å²) in [6.45, 7) is 3.30. The van der Waals surface area contributed by atoms with Crippen LogP contribution in [0.3, 0.4) is 0 Å². The van der Waals surface area contributed by atoms with Crippen molar-refractivity contribution in [3.05, 3.63) is 59.4 Å². The highest BCUT2D eigenvalue weighted by Crippen LogP contribution is 2.25. The minimum absolute atomic E-state index is 0.176. The van der Waals surface area contributed by atoms with E-state index in [0.29, 0.717) is 11.7 Å². The van der Waals surface area contributed by atoms with Gasteiger partial charge in [-0.2, -0.15) is 0 Å². The minimum atomic E-state index is -0.176. The Morgan fingerprint density at radius 3 is 2.80 bits per heavy atom. The summed E-state index contributed by atoms with van der Waals surface area (Å²) in [4.78, 5) is 2.11. The highest BCUT2D eigenvalue weighted by molar-refractivity contribution is 5.65. The van der Waals surface area contributed by atoms with E-state index in [9.17, 15) is 4.39 Å². The van der Waals surface area contributed by atoms with Gasteiger partial charge in [-0.15, -0.1) is 0 Å². The number of ether oxygens (including phenoxy) is 1. The van der Waals surface area contributed by atoms with Gasteiger partial charge in [-0.25, -0.2) is 4.39 Å². The van der Waals surface area contributed by atoms with Gasteiger partial charge in [0.25, 0.3) is 0 Å². The monoisotopic (exact) mass is 342 g/mol. The number of hydrogen-bond donors (Lipinski definition) is 1. The summed E-state index contributed by atoms with van der Waals surface area (Å²) in [5, 5.41) is 3.43. The van der Waals surface area contributed by atoms with E-state index < -0.39 is 0 Å². The zero-order valence-electron chi connectivity index (χ0n) is 15.1. The number of hydrogen-bond acceptors (Lipinski definition) is 3. The van der Waals surface area contributed by atoms with Crippen LogP contribution in [0.2, 0.25) is 0 Å². The van der Waals surface area contributed by atoms with Gasteiger partial charge >= 0.3 is 0 Å². The Balaban J connectivity index is 1.70. The maximum atomic E-state index is 14.4. The molecule has 2 aromatic rings. The fraction of sp³-hybridized carbons (Fsp3) is 0.429. The zero-order valence-corrected chi connectivity index (χ0v) is 15.1. The fourth-order valence-electron chi connectivity index (χ4n) is 3.29. The molecule has 1 aliphatic heterocycles. The van der Waals surface area contributed by atoms with Crippen LogP contribution in [-0.2, 0) is 17.8 Å². The maximum Gasteiger partial charge on any atom is 0.131 e. The van der Waals surface area contributed by atoms with E-state index in [4.69, 9.17) is 4.74 Å². The van der Waals surface area contributed by atoms with Crippen LogP contribution in [0.25, 0.3) is 11.1 Å². The molecule has 134 valence electrons. The first-order valence-corrected chi connectivity index (χ1v) is 8.96. The van der Waals surface area contributed by atoms with Crippen LogP contribution < -0.4 is 5.32 Å². The van der Waals surface area contributed by atoms with Crippen LogP contribution in [0.15, 0.2) is 42.5 Å². The van der Waals surface area contributed by atoms with Gasteiger partial charge in [-0.1, -0.05) is 24.3 Å². The SMILES string of the molecule is CN(C)Cc1cccc(-c2cc(CNC[C@@H]3CCCO3)ccc2F)c1. The normalized spacial score (nSPS) is 17.4. The largest absolute Gasteiger partial charge is 0.377 e. The Morgan fingerprint density at radius 2 is 2.04 bits per heavy atom. The van der Waals surface area contributed by atoms with E-state index in [2.05, 4.69) is 22.3 Å². The molecule has 0 aromatic heterocycles. The molecular weight excluding hydrogens is 315 g/mol. The molecule has 1 heterocycles. The maximum absolute atomic E-state index is 14.4. The van der Waals surface area contributed by atoms with Crippen LogP contribution >= 0.6 is 0 Å². The number of nitrogens with zero attached hydrogens (tertiary/aromatic N) is 1. The molecular formula is C21H27FN2O. The zero-order chi connectivity index (χ0) is 17.6. The summed E-state index contributed by atoms with van der Waals surface area (Å²) in [7, 11) is 4.07. The average Bonchev–Trinajstić information content (AvgIpc) is 3.09. The van der Waals surface area contributed by atoms with Gasteiger partial charge in [0.1, 0.15) is 5.82 Å². The third kappa shape index (κ3) is 5.11. The first-order valence-electron chi connectivity index (χ1n) is 8.96. The van der Waals surface area contributed by atoms with Crippen LogP contribution in [0.4, 0.5) is 4.39 Å². The van der Waals surface area contributed by atoms with Crippen molar-refractivity contribution >= 4 is 0 Å². The number of rotatable bonds is 7. The Bertz CT molecular complexity index is 696. The van der Waals surface area contributed by atoms with Gasteiger partial charge < -0.3 is 15.0 Å². The van der Waals surface area contributed by atoms with Gasteiger partial charge in [-0.05, 0) is 61.8 Å². The molecule has 0 radical (unpaired) electrons. The van der Waals surface area contributed by atoms with E-state index in [1.807, 2.05) is 38.4 Å². The molecule has 1 fully saturated rings. The van der Waals surface area contributed by atoms with Gasteiger partial charge in [0.15, 0.2) is 0 Å². The highest BCUT2D eigenvalue weighted by Gasteiger charge is 2.14. The van der Waals surface area contributed by atoms with Crippen molar-refractivity contribution in [3.8, 4) is 11.1 Å². The molecule has 2 aromatic carbocycles. The molecule has 0 bridgehead atoms. The molecule has 3 rings (SSSR count). The van der Waals surface area contributed by atoms with Crippen LogP contribution in [-0.4, -0.2) is 38.3 Å². The summed E-state index contributed by atoms with van der Waals surface area (Å²) < 4.78 is 20.0. The molecule has 25 heavy (non-hydrogen) atoms. The first-order chi connectivity index (χ1) is 12.1. The molecule has 4 heteroatoms. The Labute approximate surface area is 149 Å². The second kappa shape index (κ2) is 8.56. The quantitative estimate of drug-likeness (QED) is 0.828. The van der Waals surface area contributed by atoms with Crippen molar-refractivity contribution in [2.45, 2.75) is 32.0 Å². The van der Waals surface area contributed by atoms with Crippen molar-refractivity contribution in [2.75, 3.05) is 27.2 Å². The predicted molar refractivity (Wildman–Crippen MR) is 99.9 cm³/mol. The highest BCUT2D eigenvalue weighted by atomic mass is 19.1. The molecule has 1 aliphatic rings. The van der Waals surface area contributed by atoms with Crippen LogP contribution in [0.5, 0.6) is 0 Å². The van der Waals surface area contributed by atoms with Gasteiger partial charge in [-0.3, -0.25) is 0 Å². The first kappa shape index (κ1) is 18.1. The van der Waals surface area contributed by atoms with Crippen LogP contribution in [0, 0.1) is 5.82 Å². The van der Waals surface area contributed by atoms with Crippen molar-refractivity contribution < 1.29 is 9.13 Å². The summed E-state index contributed by atoms with van der Waals surface area (Å²) >= 11 is 0. The second-order valence-electron chi connectivity index (χ2n) is 7.02. The molecule has 3 nitrogen and oxygen atoms in total. The molecule has 1 saturated heterocycles. The van der Waals surface area contributed by atoms with Crippen molar-refractivity contribution in [3.63, 3.8) is 0 Å². The lowest BCUT2D eigenvalue weighted by Gasteiger charge is -2.13.